The second-order valence-electron chi connectivity index (χ2n) is 5.00. The smallest absolute Gasteiger partial charge is 0.329 e. The minimum absolute atomic E-state index is 0.187. The van der Waals surface area contributed by atoms with Crippen LogP contribution in [0.2, 0.25) is 0 Å². The van der Waals surface area contributed by atoms with E-state index in [1.165, 1.54) is 23.5 Å². The molecule has 0 saturated heterocycles. The summed E-state index contributed by atoms with van der Waals surface area (Å²) in [4.78, 5) is 3.29. The van der Waals surface area contributed by atoms with Gasteiger partial charge in [0.05, 0.1) is 6.26 Å². The molecule has 1 atom stereocenters. The van der Waals surface area contributed by atoms with Gasteiger partial charge < -0.3 is 4.52 Å². The topological polar surface area (TPSA) is 76.3 Å². The van der Waals surface area contributed by atoms with Crippen molar-refractivity contribution in [3.63, 3.8) is 0 Å². The molecule has 0 bridgehead atoms. The van der Waals surface area contributed by atoms with Crippen LogP contribution in [0.1, 0.15) is 24.4 Å². The molecular formula is C13H14F3N3O3S. The quantitative estimate of drug-likeness (QED) is 0.848. The summed E-state index contributed by atoms with van der Waals surface area (Å²) in [7, 11) is -1.91. The number of nitrogens with zero attached hydrogens (tertiary/aromatic N) is 3. The second-order valence-corrected chi connectivity index (χ2v) is 7.04. The van der Waals surface area contributed by atoms with E-state index in [4.69, 9.17) is 0 Å². The molecule has 1 heterocycles. The van der Waals surface area contributed by atoms with Gasteiger partial charge in [0.2, 0.25) is 15.8 Å². The van der Waals surface area contributed by atoms with E-state index in [1.807, 2.05) is 0 Å². The highest BCUT2D eigenvalue weighted by Crippen LogP contribution is 2.30. The molecule has 0 saturated carbocycles. The summed E-state index contributed by atoms with van der Waals surface area (Å²) in [6.45, 7) is 1.70. The van der Waals surface area contributed by atoms with E-state index < -0.39 is 28.1 Å². The third kappa shape index (κ3) is 3.88. The Hall–Kier alpha value is -1.94. The van der Waals surface area contributed by atoms with Gasteiger partial charge in [0.1, 0.15) is 0 Å². The zero-order valence-corrected chi connectivity index (χ0v) is 13.3. The highest BCUT2D eigenvalue weighted by Gasteiger charge is 2.38. The maximum Gasteiger partial charge on any atom is 0.471 e. The van der Waals surface area contributed by atoms with Crippen molar-refractivity contribution in [1.82, 2.24) is 14.4 Å². The Morgan fingerprint density at radius 1 is 1.22 bits per heavy atom. The van der Waals surface area contributed by atoms with E-state index in [9.17, 15) is 21.6 Å². The number of hydrogen-bond donors (Lipinski definition) is 0. The number of hydrogen-bond acceptors (Lipinski definition) is 5. The van der Waals surface area contributed by atoms with E-state index in [0.717, 1.165) is 6.26 Å². The van der Waals surface area contributed by atoms with Crippen molar-refractivity contribution >= 4 is 10.0 Å². The van der Waals surface area contributed by atoms with Crippen molar-refractivity contribution in [2.45, 2.75) is 19.1 Å². The average Bonchev–Trinajstić information content (AvgIpc) is 2.95. The van der Waals surface area contributed by atoms with Gasteiger partial charge in [-0.3, -0.25) is 0 Å². The van der Waals surface area contributed by atoms with Crippen molar-refractivity contribution in [2.24, 2.45) is 0 Å². The fourth-order valence-electron chi connectivity index (χ4n) is 1.86. The molecule has 6 nitrogen and oxygen atoms in total. The molecule has 1 aromatic carbocycles. The van der Waals surface area contributed by atoms with Crippen LogP contribution in [-0.2, 0) is 16.2 Å². The summed E-state index contributed by atoms with van der Waals surface area (Å²) in [6, 6.07) is 5.80. The molecule has 0 N–H and O–H groups in total. The van der Waals surface area contributed by atoms with E-state index in [2.05, 4.69) is 14.7 Å². The summed E-state index contributed by atoms with van der Waals surface area (Å²) in [6.07, 6.45) is -3.60. The third-order valence-corrected chi connectivity index (χ3v) is 4.75. The molecular weight excluding hydrogens is 335 g/mol. The number of sulfonamides is 1. The summed E-state index contributed by atoms with van der Waals surface area (Å²) in [5.74, 6) is -1.60. The predicted molar refractivity (Wildman–Crippen MR) is 75.8 cm³/mol. The molecule has 1 unspecified atom stereocenters. The monoisotopic (exact) mass is 349 g/mol. The van der Waals surface area contributed by atoms with Crippen LogP contribution in [-0.4, -0.2) is 36.2 Å². The molecule has 0 spiro atoms. The largest absolute Gasteiger partial charge is 0.471 e. The van der Waals surface area contributed by atoms with Crippen LogP contribution < -0.4 is 0 Å². The van der Waals surface area contributed by atoms with Crippen molar-refractivity contribution in [1.29, 1.82) is 0 Å². The molecule has 126 valence electrons. The van der Waals surface area contributed by atoms with Crippen molar-refractivity contribution in [2.75, 3.05) is 13.3 Å². The number of halogens is 3. The van der Waals surface area contributed by atoms with Gasteiger partial charge in [-0.25, -0.2) is 8.42 Å². The number of alkyl halides is 3. The number of aromatic nitrogens is 2. The number of benzene rings is 1. The molecule has 0 radical (unpaired) electrons. The van der Waals surface area contributed by atoms with Gasteiger partial charge >= 0.3 is 12.1 Å². The van der Waals surface area contributed by atoms with Gasteiger partial charge in [-0.2, -0.15) is 22.5 Å². The van der Waals surface area contributed by atoms with Crippen LogP contribution in [0.5, 0.6) is 0 Å². The minimum Gasteiger partial charge on any atom is -0.329 e. The van der Waals surface area contributed by atoms with E-state index in [0.29, 0.717) is 11.1 Å². The molecule has 2 aromatic rings. The molecule has 0 aliphatic heterocycles. The molecule has 0 aliphatic carbocycles. The highest BCUT2D eigenvalue weighted by atomic mass is 32.2. The standard InChI is InChI=1S/C13H14F3N3O3S/c1-8(19(2)23(3,20)21)9-4-6-10(7-5-9)11-17-12(22-18-11)13(14,15)16/h4-8H,1-3H3. The summed E-state index contributed by atoms with van der Waals surface area (Å²) >= 11 is 0. The lowest BCUT2D eigenvalue weighted by Gasteiger charge is -2.22. The lowest BCUT2D eigenvalue weighted by Crippen LogP contribution is -2.28. The van der Waals surface area contributed by atoms with E-state index in [-0.39, 0.29) is 5.82 Å². The normalized spacial score (nSPS) is 14.2. The minimum atomic E-state index is -4.70. The van der Waals surface area contributed by atoms with Crippen molar-refractivity contribution in [3.05, 3.63) is 35.7 Å². The third-order valence-electron chi connectivity index (χ3n) is 3.39. The molecule has 1 aromatic heterocycles. The Labute approximate surface area is 131 Å². The first kappa shape index (κ1) is 17.4. The maximum absolute atomic E-state index is 12.4. The van der Waals surface area contributed by atoms with Gasteiger partial charge in [0, 0.05) is 18.7 Å². The fourth-order valence-corrected chi connectivity index (χ4v) is 2.56. The van der Waals surface area contributed by atoms with Crippen LogP contribution >= 0.6 is 0 Å². The van der Waals surface area contributed by atoms with Gasteiger partial charge in [0.15, 0.2) is 0 Å². The molecule has 0 amide bonds. The molecule has 0 fully saturated rings. The van der Waals surface area contributed by atoms with Gasteiger partial charge in [0.25, 0.3) is 0 Å². The first-order valence-electron chi connectivity index (χ1n) is 6.44. The van der Waals surface area contributed by atoms with Crippen molar-refractivity contribution < 1.29 is 26.1 Å². The first-order chi connectivity index (χ1) is 10.5. The zero-order chi connectivity index (χ0) is 17.4. The van der Waals surface area contributed by atoms with E-state index in [1.54, 1.807) is 19.1 Å². The fraction of sp³-hybridized carbons (Fsp3) is 0.385. The molecule has 10 heteroatoms. The Bertz CT molecular complexity index is 785. The van der Waals surface area contributed by atoms with Gasteiger partial charge in [-0.1, -0.05) is 29.4 Å². The molecule has 2 rings (SSSR count). The maximum atomic E-state index is 12.4. The first-order valence-corrected chi connectivity index (χ1v) is 8.29. The zero-order valence-electron chi connectivity index (χ0n) is 12.5. The van der Waals surface area contributed by atoms with Gasteiger partial charge in [-0.15, -0.1) is 0 Å². The van der Waals surface area contributed by atoms with Crippen LogP contribution in [0.3, 0.4) is 0 Å². The van der Waals surface area contributed by atoms with Gasteiger partial charge in [-0.05, 0) is 12.5 Å². The summed E-state index contributed by atoms with van der Waals surface area (Å²) < 4.78 is 65.7. The van der Waals surface area contributed by atoms with Crippen LogP contribution in [0.15, 0.2) is 28.8 Å². The van der Waals surface area contributed by atoms with Crippen LogP contribution in [0, 0.1) is 0 Å². The highest BCUT2D eigenvalue weighted by molar-refractivity contribution is 7.88. The average molecular weight is 349 g/mol. The number of rotatable bonds is 4. The SMILES string of the molecule is CC(c1ccc(-c2noc(C(F)(F)F)n2)cc1)N(C)S(C)(=O)=O. The van der Waals surface area contributed by atoms with Crippen LogP contribution in [0.25, 0.3) is 11.4 Å². The Kier molecular flexibility index (Phi) is 4.49. The summed E-state index contributed by atoms with van der Waals surface area (Å²) in [5, 5.41) is 3.29. The predicted octanol–water partition coefficient (Wildman–Crippen LogP) is 2.71. The van der Waals surface area contributed by atoms with E-state index >= 15 is 0 Å². The lowest BCUT2D eigenvalue weighted by molar-refractivity contribution is -0.159. The summed E-state index contributed by atoms with van der Waals surface area (Å²) in [5.41, 5.74) is 1.02. The Morgan fingerprint density at radius 3 is 2.22 bits per heavy atom. The van der Waals surface area contributed by atoms with Crippen molar-refractivity contribution in [3.8, 4) is 11.4 Å². The molecule has 0 aliphatic rings. The Morgan fingerprint density at radius 2 is 1.78 bits per heavy atom. The Balaban J connectivity index is 2.25. The molecule has 23 heavy (non-hydrogen) atoms. The second kappa shape index (κ2) is 5.93. The lowest BCUT2D eigenvalue weighted by atomic mass is 10.1. The van der Waals surface area contributed by atoms with Crippen LogP contribution in [0.4, 0.5) is 13.2 Å².